The van der Waals surface area contributed by atoms with Crippen molar-refractivity contribution in [1.82, 2.24) is 0 Å². The van der Waals surface area contributed by atoms with E-state index < -0.39 is 0 Å². The number of aliphatic hydroxyl groups excluding tert-OH is 1. The van der Waals surface area contributed by atoms with Gasteiger partial charge in [-0.25, -0.2) is 5.90 Å². The first-order chi connectivity index (χ1) is 7.41. The van der Waals surface area contributed by atoms with Crippen molar-refractivity contribution in [3.63, 3.8) is 0 Å². The van der Waals surface area contributed by atoms with Crippen molar-refractivity contribution in [2.45, 2.75) is 64.2 Å². The molecule has 0 heterocycles. The van der Waals surface area contributed by atoms with Gasteiger partial charge in [-0.05, 0) is 12.8 Å². The van der Waals surface area contributed by atoms with Crippen molar-refractivity contribution in [3.05, 3.63) is 0 Å². The minimum absolute atomic E-state index is 0.350. The fourth-order valence-corrected chi connectivity index (χ4v) is 1.71. The van der Waals surface area contributed by atoms with E-state index in [2.05, 4.69) is 4.84 Å². The van der Waals surface area contributed by atoms with Gasteiger partial charge in [0.05, 0.1) is 6.61 Å². The fourth-order valence-electron chi connectivity index (χ4n) is 1.71. The maximum absolute atomic E-state index is 8.59. The summed E-state index contributed by atoms with van der Waals surface area (Å²) < 4.78 is 0. The molecule has 0 rings (SSSR count). The van der Waals surface area contributed by atoms with Gasteiger partial charge in [0.15, 0.2) is 0 Å². The van der Waals surface area contributed by atoms with Crippen LogP contribution < -0.4 is 5.90 Å². The molecule has 0 aromatic rings. The SMILES string of the molecule is NOCCCCCCCCCCCCO. The Labute approximate surface area is 94.0 Å². The monoisotopic (exact) mass is 217 g/mol. The number of nitrogens with two attached hydrogens (primary N) is 1. The van der Waals surface area contributed by atoms with Gasteiger partial charge < -0.3 is 9.94 Å². The Morgan fingerprint density at radius 3 is 1.47 bits per heavy atom. The minimum atomic E-state index is 0.350. The van der Waals surface area contributed by atoms with E-state index in [-0.39, 0.29) is 0 Å². The van der Waals surface area contributed by atoms with E-state index in [1.165, 1.54) is 51.4 Å². The Kier molecular flexibility index (Phi) is 13.8. The molecule has 0 saturated heterocycles. The summed E-state index contributed by atoms with van der Waals surface area (Å²) in [4.78, 5) is 4.50. The first-order valence-electron chi connectivity index (χ1n) is 6.34. The molecule has 3 nitrogen and oxygen atoms in total. The van der Waals surface area contributed by atoms with Gasteiger partial charge in [-0.2, -0.15) is 0 Å². The highest BCUT2D eigenvalue weighted by atomic mass is 16.6. The van der Waals surface area contributed by atoms with Crippen LogP contribution in [0.2, 0.25) is 0 Å². The summed E-state index contributed by atoms with van der Waals surface area (Å²) in [6, 6.07) is 0. The Morgan fingerprint density at radius 2 is 1.07 bits per heavy atom. The second kappa shape index (κ2) is 13.9. The van der Waals surface area contributed by atoms with Crippen LogP contribution in [0.4, 0.5) is 0 Å². The molecule has 3 heteroatoms. The topological polar surface area (TPSA) is 55.5 Å². The largest absolute Gasteiger partial charge is 0.396 e. The molecular weight excluding hydrogens is 190 g/mol. The molecule has 15 heavy (non-hydrogen) atoms. The van der Waals surface area contributed by atoms with E-state index in [1.807, 2.05) is 0 Å². The summed E-state index contributed by atoms with van der Waals surface area (Å²) in [5, 5.41) is 8.59. The maximum atomic E-state index is 8.59. The third kappa shape index (κ3) is 13.9. The van der Waals surface area contributed by atoms with E-state index in [9.17, 15) is 0 Å². The maximum Gasteiger partial charge on any atom is 0.0679 e. The van der Waals surface area contributed by atoms with Gasteiger partial charge >= 0.3 is 0 Å². The third-order valence-electron chi connectivity index (χ3n) is 2.67. The van der Waals surface area contributed by atoms with Crippen molar-refractivity contribution in [1.29, 1.82) is 0 Å². The van der Waals surface area contributed by atoms with Crippen LogP contribution in [0.1, 0.15) is 64.2 Å². The Bertz CT molecular complexity index is 97.8. The molecule has 0 aliphatic heterocycles. The zero-order chi connectivity index (χ0) is 11.2. The van der Waals surface area contributed by atoms with E-state index in [0.717, 1.165) is 12.8 Å². The molecule has 0 radical (unpaired) electrons. The number of hydrogen-bond donors (Lipinski definition) is 2. The van der Waals surface area contributed by atoms with Gasteiger partial charge in [-0.1, -0.05) is 51.4 Å². The van der Waals surface area contributed by atoms with Crippen LogP contribution >= 0.6 is 0 Å². The quantitative estimate of drug-likeness (QED) is 0.390. The highest BCUT2D eigenvalue weighted by Gasteiger charge is 1.92. The molecule has 0 spiro atoms. The highest BCUT2D eigenvalue weighted by Crippen LogP contribution is 2.10. The minimum Gasteiger partial charge on any atom is -0.396 e. The number of rotatable bonds is 12. The summed E-state index contributed by atoms with van der Waals surface area (Å²) in [5.74, 6) is 4.93. The van der Waals surface area contributed by atoms with Crippen LogP contribution in [0.15, 0.2) is 0 Å². The van der Waals surface area contributed by atoms with E-state index in [4.69, 9.17) is 11.0 Å². The number of aliphatic hydroxyl groups is 1. The smallest absolute Gasteiger partial charge is 0.0679 e. The molecule has 0 aliphatic carbocycles. The zero-order valence-electron chi connectivity index (χ0n) is 9.92. The first kappa shape index (κ1) is 14.9. The molecule has 0 atom stereocenters. The lowest BCUT2D eigenvalue weighted by Gasteiger charge is -2.01. The van der Waals surface area contributed by atoms with Gasteiger partial charge in [0.1, 0.15) is 0 Å². The molecule has 0 aromatic carbocycles. The van der Waals surface area contributed by atoms with E-state index >= 15 is 0 Å². The third-order valence-corrected chi connectivity index (χ3v) is 2.67. The zero-order valence-corrected chi connectivity index (χ0v) is 9.92. The highest BCUT2D eigenvalue weighted by molar-refractivity contribution is 4.47. The van der Waals surface area contributed by atoms with E-state index in [1.54, 1.807) is 0 Å². The summed E-state index contributed by atoms with van der Waals surface area (Å²) >= 11 is 0. The van der Waals surface area contributed by atoms with Gasteiger partial charge in [0.2, 0.25) is 0 Å². The van der Waals surface area contributed by atoms with Crippen LogP contribution in [0, 0.1) is 0 Å². The first-order valence-corrected chi connectivity index (χ1v) is 6.34. The summed E-state index contributed by atoms with van der Waals surface area (Å²) in [5.41, 5.74) is 0. The van der Waals surface area contributed by atoms with Crippen molar-refractivity contribution in [2.24, 2.45) is 5.90 Å². The molecule has 0 bridgehead atoms. The van der Waals surface area contributed by atoms with Gasteiger partial charge in [0, 0.05) is 6.61 Å². The van der Waals surface area contributed by atoms with Crippen molar-refractivity contribution in [3.8, 4) is 0 Å². The molecule has 0 unspecified atom stereocenters. The lowest BCUT2D eigenvalue weighted by molar-refractivity contribution is 0.133. The van der Waals surface area contributed by atoms with Crippen LogP contribution in [0.25, 0.3) is 0 Å². The van der Waals surface area contributed by atoms with Crippen molar-refractivity contribution >= 4 is 0 Å². The summed E-state index contributed by atoms with van der Waals surface area (Å²) in [7, 11) is 0. The predicted octanol–water partition coefficient (Wildman–Crippen LogP) is 2.77. The average Bonchev–Trinajstić information content (AvgIpc) is 2.26. The second-order valence-corrected chi connectivity index (χ2v) is 4.13. The molecule has 0 aromatic heterocycles. The second-order valence-electron chi connectivity index (χ2n) is 4.13. The van der Waals surface area contributed by atoms with Crippen LogP contribution in [0.5, 0.6) is 0 Å². The van der Waals surface area contributed by atoms with E-state index in [0.29, 0.717) is 13.2 Å². The van der Waals surface area contributed by atoms with Crippen LogP contribution in [-0.4, -0.2) is 18.3 Å². The van der Waals surface area contributed by atoms with Crippen molar-refractivity contribution < 1.29 is 9.94 Å². The number of hydrogen-bond acceptors (Lipinski definition) is 3. The Hall–Kier alpha value is -0.120. The molecule has 0 amide bonds. The van der Waals surface area contributed by atoms with Gasteiger partial charge in [-0.15, -0.1) is 0 Å². The van der Waals surface area contributed by atoms with Gasteiger partial charge in [-0.3, -0.25) is 0 Å². The lowest BCUT2D eigenvalue weighted by Crippen LogP contribution is -2.00. The molecule has 0 fully saturated rings. The molecule has 3 N–H and O–H groups in total. The Morgan fingerprint density at radius 1 is 0.667 bits per heavy atom. The molecule has 0 saturated carbocycles. The summed E-state index contributed by atoms with van der Waals surface area (Å²) in [6.45, 7) is 1.05. The average molecular weight is 217 g/mol. The van der Waals surface area contributed by atoms with Gasteiger partial charge in [0.25, 0.3) is 0 Å². The van der Waals surface area contributed by atoms with Crippen LogP contribution in [0.3, 0.4) is 0 Å². The molecular formula is C12H27NO2. The summed E-state index contributed by atoms with van der Waals surface area (Å²) in [6.07, 6.45) is 12.4. The molecule has 0 aliphatic rings. The Balaban J connectivity index is 2.81. The fraction of sp³-hybridized carbons (Fsp3) is 1.00. The normalized spacial score (nSPS) is 10.8. The van der Waals surface area contributed by atoms with Crippen LogP contribution in [-0.2, 0) is 4.84 Å². The standard InChI is InChI=1S/C12H27NO2/c13-15-12-10-8-6-4-2-1-3-5-7-9-11-14/h14H,1-13H2. The predicted molar refractivity (Wildman–Crippen MR) is 63.4 cm³/mol. The lowest BCUT2D eigenvalue weighted by atomic mass is 10.1. The van der Waals surface area contributed by atoms with Crippen molar-refractivity contribution in [2.75, 3.05) is 13.2 Å². The molecule has 92 valence electrons. The number of unbranched alkanes of at least 4 members (excludes halogenated alkanes) is 9.